The summed E-state index contributed by atoms with van der Waals surface area (Å²) in [4.78, 5) is 33.1. The molecule has 0 atom stereocenters. The maximum absolute atomic E-state index is 12.0. The molecular formula is C16H14ClN3O4. The molecule has 0 aromatic heterocycles. The summed E-state index contributed by atoms with van der Waals surface area (Å²) in [5.41, 5.74) is 1.55. The van der Waals surface area contributed by atoms with Crippen molar-refractivity contribution >= 4 is 40.5 Å². The monoisotopic (exact) mass is 347 g/mol. The number of halogens is 1. The Kier molecular flexibility index (Phi) is 5.49. The van der Waals surface area contributed by atoms with Gasteiger partial charge in [-0.05, 0) is 23.8 Å². The quantitative estimate of drug-likeness (QED) is 0.639. The third-order valence-electron chi connectivity index (χ3n) is 3.08. The van der Waals surface area contributed by atoms with Gasteiger partial charge >= 0.3 is 0 Å². The zero-order chi connectivity index (χ0) is 17.7. The third kappa shape index (κ3) is 4.79. The summed E-state index contributed by atoms with van der Waals surface area (Å²) in [6, 6.07) is 10.7. The zero-order valence-corrected chi connectivity index (χ0v) is 13.5. The normalized spacial score (nSPS) is 10.1. The fourth-order valence-electron chi connectivity index (χ4n) is 2.01. The van der Waals surface area contributed by atoms with Gasteiger partial charge in [0.1, 0.15) is 0 Å². The predicted molar refractivity (Wildman–Crippen MR) is 91.2 cm³/mol. The number of rotatable bonds is 5. The molecule has 2 aromatic carbocycles. The molecule has 7 nitrogen and oxygen atoms in total. The highest BCUT2D eigenvalue weighted by Gasteiger charge is 2.12. The van der Waals surface area contributed by atoms with Gasteiger partial charge in [-0.25, -0.2) is 0 Å². The molecule has 8 heteroatoms. The second-order valence-electron chi connectivity index (χ2n) is 5.02. The number of nitro groups is 1. The molecule has 124 valence electrons. The van der Waals surface area contributed by atoms with Gasteiger partial charge in [0.25, 0.3) is 5.69 Å². The summed E-state index contributed by atoms with van der Waals surface area (Å²) in [7, 11) is 0. The largest absolute Gasteiger partial charge is 0.326 e. The van der Waals surface area contributed by atoms with Crippen molar-refractivity contribution in [2.75, 3.05) is 10.6 Å². The van der Waals surface area contributed by atoms with Gasteiger partial charge < -0.3 is 10.6 Å². The first kappa shape index (κ1) is 17.4. The molecule has 2 N–H and O–H groups in total. The van der Waals surface area contributed by atoms with Crippen LogP contribution < -0.4 is 10.6 Å². The molecule has 0 heterocycles. The van der Waals surface area contributed by atoms with E-state index in [1.165, 1.54) is 25.1 Å². The number of nitrogens with zero attached hydrogens (tertiary/aromatic N) is 1. The number of nitrogens with one attached hydrogen (secondary N) is 2. The van der Waals surface area contributed by atoms with Gasteiger partial charge in [-0.3, -0.25) is 19.7 Å². The van der Waals surface area contributed by atoms with Crippen LogP contribution in [-0.4, -0.2) is 16.7 Å². The van der Waals surface area contributed by atoms with E-state index < -0.39 is 4.92 Å². The van der Waals surface area contributed by atoms with E-state index in [2.05, 4.69) is 10.6 Å². The van der Waals surface area contributed by atoms with Crippen LogP contribution in [-0.2, 0) is 16.0 Å². The minimum Gasteiger partial charge on any atom is -0.326 e. The van der Waals surface area contributed by atoms with Gasteiger partial charge in [-0.1, -0.05) is 23.7 Å². The van der Waals surface area contributed by atoms with Crippen LogP contribution in [0.4, 0.5) is 17.1 Å². The van der Waals surface area contributed by atoms with Crippen molar-refractivity contribution in [1.29, 1.82) is 0 Å². The molecule has 2 aromatic rings. The Hall–Kier alpha value is -2.93. The average molecular weight is 348 g/mol. The Morgan fingerprint density at radius 1 is 1.12 bits per heavy atom. The van der Waals surface area contributed by atoms with Crippen molar-refractivity contribution in [3.8, 4) is 0 Å². The topological polar surface area (TPSA) is 101 Å². The molecule has 0 aliphatic rings. The van der Waals surface area contributed by atoms with E-state index in [1.807, 2.05) is 0 Å². The maximum atomic E-state index is 12.0. The Morgan fingerprint density at radius 2 is 1.79 bits per heavy atom. The smallest absolute Gasteiger partial charge is 0.271 e. The zero-order valence-electron chi connectivity index (χ0n) is 12.7. The number of amides is 2. The summed E-state index contributed by atoms with van der Waals surface area (Å²) >= 11 is 5.93. The van der Waals surface area contributed by atoms with E-state index >= 15 is 0 Å². The second kappa shape index (κ2) is 7.56. The van der Waals surface area contributed by atoms with Crippen molar-refractivity contribution in [3.63, 3.8) is 0 Å². The third-order valence-corrected chi connectivity index (χ3v) is 3.39. The van der Waals surface area contributed by atoms with Crippen molar-refractivity contribution < 1.29 is 14.5 Å². The molecule has 0 aliphatic carbocycles. The van der Waals surface area contributed by atoms with Crippen molar-refractivity contribution in [1.82, 2.24) is 0 Å². The number of nitro benzene ring substituents is 1. The summed E-state index contributed by atoms with van der Waals surface area (Å²) in [5, 5.41) is 16.0. The van der Waals surface area contributed by atoms with Crippen LogP contribution in [0.1, 0.15) is 12.5 Å². The first-order valence-corrected chi connectivity index (χ1v) is 7.33. The Labute approximate surface area is 142 Å². The van der Waals surface area contributed by atoms with E-state index in [0.29, 0.717) is 11.4 Å². The molecule has 0 saturated carbocycles. The molecule has 0 bridgehead atoms. The molecule has 0 spiro atoms. The lowest BCUT2D eigenvalue weighted by Gasteiger charge is -2.08. The Bertz CT molecular complexity index is 790. The van der Waals surface area contributed by atoms with Gasteiger partial charge in [-0.15, -0.1) is 0 Å². The lowest BCUT2D eigenvalue weighted by atomic mass is 10.1. The van der Waals surface area contributed by atoms with Crippen molar-refractivity contribution in [2.45, 2.75) is 13.3 Å². The van der Waals surface area contributed by atoms with E-state index in [9.17, 15) is 19.7 Å². The van der Waals surface area contributed by atoms with Crippen LogP contribution in [0.5, 0.6) is 0 Å². The Balaban J connectivity index is 2.00. The van der Waals surface area contributed by atoms with Crippen LogP contribution in [0.15, 0.2) is 42.5 Å². The van der Waals surface area contributed by atoms with E-state index in [1.54, 1.807) is 24.3 Å². The highest BCUT2D eigenvalue weighted by Crippen LogP contribution is 2.26. The van der Waals surface area contributed by atoms with Crippen LogP contribution in [0.25, 0.3) is 0 Å². The van der Waals surface area contributed by atoms with Crippen LogP contribution in [0, 0.1) is 10.1 Å². The molecule has 0 unspecified atom stereocenters. The minimum absolute atomic E-state index is 0.0959. The molecule has 2 amide bonds. The molecule has 2 rings (SSSR count). The van der Waals surface area contributed by atoms with Crippen LogP contribution in [0.3, 0.4) is 0 Å². The Morgan fingerprint density at radius 3 is 2.33 bits per heavy atom. The molecule has 0 aliphatic heterocycles. The number of non-ortho nitro benzene ring substituents is 1. The van der Waals surface area contributed by atoms with Crippen LogP contribution >= 0.6 is 11.6 Å². The number of hydrogen-bond donors (Lipinski definition) is 2. The standard InChI is InChI=1S/C16H14ClN3O4/c1-10(21)18-12-4-2-11(3-5-12)8-16(22)19-15-7-6-13(20(23)24)9-14(15)17/h2-7,9H,8H2,1H3,(H,18,21)(H,19,22). The first-order chi connectivity index (χ1) is 11.3. The summed E-state index contributed by atoms with van der Waals surface area (Å²) in [6.45, 7) is 1.41. The highest BCUT2D eigenvalue weighted by atomic mass is 35.5. The fourth-order valence-corrected chi connectivity index (χ4v) is 2.23. The van der Waals surface area contributed by atoms with E-state index in [0.717, 1.165) is 5.56 Å². The SMILES string of the molecule is CC(=O)Nc1ccc(CC(=O)Nc2ccc([N+](=O)[O-])cc2Cl)cc1. The molecule has 0 saturated heterocycles. The lowest BCUT2D eigenvalue weighted by molar-refractivity contribution is -0.384. The van der Waals surface area contributed by atoms with Gasteiger partial charge in [0.15, 0.2) is 0 Å². The number of anilines is 2. The molecule has 0 radical (unpaired) electrons. The number of carbonyl (C=O) groups excluding carboxylic acids is 2. The summed E-state index contributed by atoms with van der Waals surface area (Å²) in [5.74, 6) is -0.480. The number of hydrogen-bond acceptors (Lipinski definition) is 4. The molecule has 24 heavy (non-hydrogen) atoms. The average Bonchev–Trinajstić information content (AvgIpc) is 2.50. The van der Waals surface area contributed by atoms with Gasteiger partial charge in [0.05, 0.1) is 22.1 Å². The lowest BCUT2D eigenvalue weighted by Crippen LogP contribution is -2.14. The van der Waals surface area contributed by atoms with Crippen molar-refractivity contribution in [2.24, 2.45) is 0 Å². The van der Waals surface area contributed by atoms with Crippen LogP contribution in [0.2, 0.25) is 5.02 Å². The first-order valence-electron chi connectivity index (χ1n) is 6.95. The molecular weight excluding hydrogens is 334 g/mol. The number of carbonyl (C=O) groups is 2. The van der Waals surface area contributed by atoms with Crippen molar-refractivity contribution in [3.05, 3.63) is 63.2 Å². The minimum atomic E-state index is -0.561. The van der Waals surface area contributed by atoms with Gasteiger partial charge in [-0.2, -0.15) is 0 Å². The van der Waals surface area contributed by atoms with E-state index in [-0.39, 0.29) is 28.9 Å². The highest BCUT2D eigenvalue weighted by molar-refractivity contribution is 6.34. The summed E-state index contributed by atoms with van der Waals surface area (Å²) < 4.78 is 0. The predicted octanol–water partition coefficient (Wildman–Crippen LogP) is 3.39. The van der Waals surface area contributed by atoms with Gasteiger partial charge in [0, 0.05) is 24.7 Å². The summed E-state index contributed by atoms with van der Waals surface area (Å²) in [6.07, 6.45) is 0.105. The number of benzene rings is 2. The maximum Gasteiger partial charge on any atom is 0.271 e. The van der Waals surface area contributed by atoms with Gasteiger partial charge in [0.2, 0.25) is 11.8 Å². The molecule has 0 fully saturated rings. The van der Waals surface area contributed by atoms with E-state index in [4.69, 9.17) is 11.6 Å². The fraction of sp³-hybridized carbons (Fsp3) is 0.125. The second-order valence-corrected chi connectivity index (χ2v) is 5.43.